The van der Waals surface area contributed by atoms with Gasteiger partial charge in [-0.15, -0.1) is 0 Å². The number of ether oxygens (including phenoxy) is 1. The topological polar surface area (TPSA) is 96.7 Å². The summed E-state index contributed by atoms with van der Waals surface area (Å²) >= 11 is 0. The Morgan fingerprint density at radius 2 is 1.97 bits per heavy atom. The van der Waals surface area contributed by atoms with Crippen LogP contribution in [0.2, 0.25) is 0 Å². The molecule has 2 N–H and O–H groups in total. The van der Waals surface area contributed by atoms with Crippen LogP contribution in [0.3, 0.4) is 0 Å². The average Bonchev–Trinajstić information content (AvgIpc) is 3.24. The van der Waals surface area contributed by atoms with Crippen molar-refractivity contribution in [2.45, 2.75) is 25.3 Å². The van der Waals surface area contributed by atoms with Gasteiger partial charge in [-0.1, -0.05) is 0 Å². The number of rotatable bonds is 3. The lowest BCUT2D eigenvalue weighted by atomic mass is 9.87. The van der Waals surface area contributed by atoms with Gasteiger partial charge in [0.15, 0.2) is 11.5 Å². The Hall–Kier alpha value is -3.63. The van der Waals surface area contributed by atoms with E-state index in [9.17, 15) is 9.18 Å². The van der Waals surface area contributed by atoms with Gasteiger partial charge in [-0.25, -0.2) is 9.37 Å². The Morgan fingerprint density at radius 3 is 2.80 bits per heavy atom. The quantitative estimate of drug-likeness (QED) is 0.470. The normalized spacial score (nSPS) is 17.8. The van der Waals surface area contributed by atoms with Crippen LogP contribution in [0.15, 0.2) is 43.0 Å². The number of fused-ring (bicyclic) bond motifs is 2. The number of carbonyl (C=O) groups is 1. The lowest BCUT2D eigenvalue weighted by Gasteiger charge is -2.46. The van der Waals surface area contributed by atoms with Gasteiger partial charge in [0.2, 0.25) is 0 Å². The maximum absolute atomic E-state index is 14.5. The Morgan fingerprint density at radius 1 is 1.17 bits per heavy atom. The fourth-order valence-corrected chi connectivity index (χ4v) is 5.19. The minimum absolute atomic E-state index is 0.0233. The lowest BCUT2D eigenvalue weighted by molar-refractivity contribution is 0.0367. The molecule has 10 heteroatoms. The molecule has 1 aromatic carbocycles. The Kier molecular flexibility index (Phi) is 5.34. The molecule has 2 aliphatic rings. The fourth-order valence-electron chi connectivity index (χ4n) is 5.19. The average molecular weight is 476 g/mol. The van der Waals surface area contributed by atoms with E-state index in [-0.39, 0.29) is 17.1 Å². The standard InChI is InChI=1S/C25H26FN7O2/c1-16-13-33-14-17(12-19(26)23(33)30-16)31-24(34)18-2-3-20(22-21(18)27-6-7-28-22)32-9-8-29-25(15-32)4-10-35-11-5-25/h2-3,6-7,12-14,29H,4-5,8-11,15H2,1H3,(H,31,34). The van der Waals surface area contributed by atoms with E-state index in [4.69, 9.17) is 4.74 Å². The molecule has 2 saturated heterocycles. The molecule has 35 heavy (non-hydrogen) atoms. The third-order valence-corrected chi connectivity index (χ3v) is 6.90. The largest absolute Gasteiger partial charge is 0.381 e. The number of halogens is 1. The van der Waals surface area contributed by atoms with Crippen molar-refractivity contribution in [3.05, 3.63) is 60.1 Å². The predicted octanol–water partition coefficient (Wildman–Crippen LogP) is 2.94. The first-order valence-electron chi connectivity index (χ1n) is 11.8. The van der Waals surface area contributed by atoms with E-state index in [1.165, 1.54) is 6.07 Å². The van der Waals surface area contributed by atoms with Gasteiger partial charge in [0, 0.05) is 69.2 Å². The van der Waals surface area contributed by atoms with Gasteiger partial charge in [0.1, 0.15) is 11.0 Å². The van der Waals surface area contributed by atoms with E-state index in [1.807, 2.05) is 6.07 Å². The summed E-state index contributed by atoms with van der Waals surface area (Å²) in [5, 5.41) is 6.50. The summed E-state index contributed by atoms with van der Waals surface area (Å²) in [7, 11) is 0. The van der Waals surface area contributed by atoms with Crippen LogP contribution >= 0.6 is 0 Å². The molecule has 5 heterocycles. The van der Waals surface area contributed by atoms with Gasteiger partial charge >= 0.3 is 0 Å². The molecule has 0 radical (unpaired) electrons. The van der Waals surface area contributed by atoms with Gasteiger partial charge in [-0.3, -0.25) is 14.8 Å². The van der Waals surface area contributed by atoms with Crippen LogP contribution in [0.4, 0.5) is 15.8 Å². The number of aromatic nitrogens is 4. The Labute approximate surface area is 201 Å². The van der Waals surface area contributed by atoms with Gasteiger partial charge in [0.05, 0.1) is 22.6 Å². The number of hydrogen-bond acceptors (Lipinski definition) is 7. The van der Waals surface area contributed by atoms with Crippen LogP contribution in [-0.2, 0) is 4.74 Å². The second kappa shape index (κ2) is 8.54. The monoisotopic (exact) mass is 475 g/mol. The molecular weight excluding hydrogens is 449 g/mol. The number of nitrogens with one attached hydrogen (secondary N) is 2. The zero-order valence-corrected chi connectivity index (χ0v) is 19.4. The minimum atomic E-state index is -0.503. The molecule has 2 fully saturated rings. The molecule has 3 aromatic heterocycles. The summed E-state index contributed by atoms with van der Waals surface area (Å²) in [6.07, 6.45) is 8.51. The SMILES string of the molecule is Cc1cn2cc(NC(=O)c3ccc(N4CCNC5(CCOCC5)C4)c4nccnc34)cc(F)c2n1. The first-order valence-corrected chi connectivity index (χ1v) is 11.8. The van der Waals surface area contributed by atoms with Crippen molar-refractivity contribution in [3.8, 4) is 0 Å². The van der Waals surface area contributed by atoms with Gasteiger partial charge in [0.25, 0.3) is 5.91 Å². The highest BCUT2D eigenvalue weighted by atomic mass is 19.1. The first-order chi connectivity index (χ1) is 17.0. The highest BCUT2D eigenvalue weighted by Gasteiger charge is 2.37. The number of piperazine rings is 1. The first kappa shape index (κ1) is 21.9. The molecule has 1 spiro atoms. The van der Waals surface area contributed by atoms with E-state index in [0.717, 1.165) is 51.4 Å². The van der Waals surface area contributed by atoms with Crippen LogP contribution < -0.4 is 15.5 Å². The second-order valence-corrected chi connectivity index (χ2v) is 9.27. The molecule has 0 atom stereocenters. The summed E-state index contributed by atoms with van der Waals surface area (Å²) in [6, 6.07) is 4.99. The van der Waals surface area contributed by atoms with E-state index in [0.29, 0.717) is 28.0 Å². The minimum Gasteiger partial charge on any atom is -0.381 e. The van der Waals surface area contributed by atoms with Gasteiger partial charge in [-0.2, -0.15) is 0 Å². The number of imidazole rings is 1. The molecule has 4 aromatic rings. The number of nitrogens with zero attached hydrogens (tertiary/aromatic N) is 5. The Bertz CT molecular complexity index is 1420. The van der Waals surface area contributed by atoms with E-state index in [1.54, 1.807) is 42.2 Å². The van der Waals surface area contributed by atoms with Crippen molar-refractivity contribution in [2.75, 3.05) is 43.1 Å². The summed E-state index contributed by atoms with van der Waals surface area (Å²) in [4.78, 5) is 28.8. The molecule has 1 amide bonds. The summed E-state index contributed by atoms with van der Waals surface area (Å²) in [5.41, 5.74) is 3.81. The summed E-state index contributed by atoms with van der Waals surface area (Å²) in [5.74, 6) is -0.879. The molecule has 0 saturated carbocycles. The lowest BCUT2D eigenvalue weighted by Crippen LogP contribution is -2.62. The summed E-state index contributed by atoms with van der Waals surface area (Å²) in [6.45, 7) is 5.85. The molecular formula is C25H26FN7O2. The highest BCUT2D eigenvalue weighted by Crippen LogP contribution is 2.32. The molecule has 6 rings (SSSR count). The molecule has 180 valence electrons. The number of amides is 1. The Balaban J connectivity index is 1.32. The molecule has 9 nitrogen and oxygen atoms in total. The van der Waals surface area contributed by atoms with Crippen LogP contribution in [0.5, 0.6) is 0 Å². The van der Waals surface area contributed by atoms with Crippen LogP contribution in [0.25, 0.3) is 16.7 Å². The predicted molar refractivity (Wildman–Crippen MR) is 130 cm³/mol. The van der Waals surface area contributed by atoms with Crippen LogP contribution in [-0.4, -0.2) is 63.6 Å². The second-order valence-electron chi connectivity index (χ2n) is 9.27. The maximum Gasteiger partial charge on any atom is 0.257 e. The number of aryl methyl sites for hydroxylation is 1. The van der Waals surface area contributed by atoms with Crippen molar-refractivity contribution in [1.29, 1.82) is 0 Å². The number of anilines is 2. The van der Waals surface area contributed by atoms with Crippen molar-refractivity contribution < 1.29 is 13.9 Å². The zero-order valence-electron chi connectivity index (χ0n) is 19.4. The van der Waals surface area contributed by atoms with Crippen LogP contribution in [0, 0.1) is 12.7 Å². The van der Waals surface area contributed by atoms with Crippen molar-refractivity contribution in [2.24, 2.45) is 0 Å². The number of hydrogen-bond donors (Lipinski definition) is 2. The molecule has 0 unspecified atom stereocenters. The number of pyridine rings is 1. The number of carbonyl (C=O) groups excluding carboxylic acids is 1. The van der Waals surface area contributed by atoms with Gasteiger partial charge < -0.3 is 24.7 Å². The number of benzene rings is 1. The van der Waals surface area contributed by atoms with Crippen molar-refractivity contribution >= 4 is 34.0 Å². The van der Waals surface area contributed by atoms with Gasteiger partial charge in [-0.05, 0) is 31.9 Å². The van der Waals surface area contributed by atoms with E-state index in [2.05, 4.69) is 30.5 Å². The van der Waals surface area contributed by atoms with E-state index < -0.39 is 5.82 Å². The fraction of sp³-hybridized carbons (Fsp3) is 0.360. The summed E-state index contributed by atoms with van der Waals surface area (Å²) < 4.78 is 21.6. The third kappa shape index (κ3) is 3.98. The third-order valence-electron chi connectivity index (χ3n) is 6.90. The van der Waals surface area contributed by atoms with Crippen molar-refractivity contribution in [3.63, 3.8) is 0 Å². The maximum atomic E-state index is 14.5. The molecule has 0 aliphatic carbocycles. The van der Waals surface area contributed by atoms with Crippen LogP contribution in [0.1, 0.15) is 28.9 Å². The highest BCUT2D eigenvalue weighted by molar-refractivity contribution is 6.13. The zero-order chi connectivity index (χ0) is 24.0. The molecule has 2 aliphatic heterocycles. The van der Waals surface area contributed by atoms with E-state index >= 15 is 0 Å². The molecule has 0 bridgehead atoms. The van der Waals surface area contributed by atoms with Crippen molar-refractivity contribution in [1.82, 2.24) is 24.7 Å². The smallest absolute Gasteiger partial charge is 0.257 e.